The van der Waals surface area contributed by atoms with Crippen molar-refractivity contribution in [3.8, 4) is 0 Å². The van der Waals surface area contributed by atoms with E-state index in [4.69, 9.17) is 4.42 Å². The van der Waals surface area contributed by atoms with E-state index in [1.807, 2.05) is 12.1 Å². The molecule has 0 saturated heterocycles. The summed E-state index contributed by atoms with van der Waals surface area (Å²) >= 11 is 3.46. The molecule has 3 rings (SSSR count). The molecule has 1 heterocycles. The normalized spacial score (nSPS) is 11.2. The lowest BCUT2D eigenvalue weighted by Gasteiger charge is -1.97. The molecule has 0 bridgehead atoms. The first-order valence-corrected chi connectivity index (χ1v) is 5.20. The summed E-state index contributed by atoms with van der Waals surface area (Å²) in [6, 6.07) is 12.4. The summed E-state index contributed by atoms with van der Waals surface area (Å²) < 4.78 is 6.53. The molecule has 0 radical (unpaired) electrons. The molecule has 0 aliphatic heterocycles. The van der Waals surface area contributed by atoms with Gasteiger partial charge in [0.2, 0.25) is 0 Å². The first-order valence-electron chi connectivity index (χ1n) is 4.41. The molecule has 0 aliphatic rings. The van der Waals surface area contributed by atoms with Crippen molar-refractivity contribution in [2.24, 2.45) is 0 Å². The van der Waals surface area contributed by atoms with Crippen LogP contribution in [0.4, 0.5) is 0 Å². The van der Waals surface area contributed by atoms with Gasteiger partial charge in [0, 0.05) is 10.8 Å². The zero-order valence-corrected chi connectivity index (χ0v) is 8.91. The van der Waals surface area contributed by atoms with Gasteiger partial charge >= 0.3 is 0 Å². The Morgan fingerprint density at radius 1 is 0.929 bits per heavy atom. The second kappa shape index (κ2) is 2.85. The van der Waals surface area contributed by atoms with Crippen LogP contribution in [0.5, 0.6) is 0 Å². The highest BCUT2D eigenvalue weighted by molar-refractivity contribution is 9.10. The Kier molecular flexibility index (Phi) is 1.64. The lowest BCUT2D eigenvalue weighted by Crippen LogP contribution is -1.72. The smallest absolute Gasteiger partial charge is 0.142 e. The number of benzene rings is 2. The molecule has 68 valence electrons. The summed E-state index contributed by atoms with van der Waals surface area (Å²) in [5, 5.41) is 3.50. The van der Waals surface area contributed by atoms with E-state index in [0.29, 0.717) is 0 Å². The van der Waals surface area contributed by atoms with Gasteiger partial charge in [0.15, 0.2) is 0 Å². The molecule has 14 heavy (non-hydrogen) atoms. The van der Waals surface area contributed by atoms with E-state index in [0.717, 1.165) is 20.8 Å². The van der Waals surface area contributed by atoms with Crippen LogP contribution in [0.2, 0.25) is 0 Å². The molecular formula is C12H7BrO. The van der Waals surface area contributed by atoms with Gasteiger partial charge in [-0.15, -0.1) is 0 Å². The SMILES string of the molecule is Brc1coc2c1ccc1ccccc12. The van der Waals surface area contributed by atoms with Gasteiger partial charge < -0.3 is 4.42 Å². The molecule has 2 heteroatoms. The minimum atomic E-state index is 0.954. The van der Waals surface area contributed by atoms with Crippen LogP contribution >= 0.6 is 15.9 Å². The number of halogens is 1. The fourth-order valence-electron chi connectivity index (χ4n) is 1.73. The Morgan fingerprint density at radius 2 is 1.79 bits per heavy atom. The maximum Gasteiger partial charge on any atom is 0.142 e. The molecular weight excluding hydrogens is 240 g/mol. The molecule has 1 nitrogen and oxygen atoms in total. The third kappa shape index (κ3) is 1.01. The van der Waals surface area contributed by atoms with Crippen molar-refractivity contribution in [1.29, 1.82) is 0 Å². The molecule has 1 aromatic heterocycles. The summed E-state index contributed by atoms with van der Waals surface area (Å²) in [6.45, 7) is 0. The molecule has 0 fully saturated rings. The number of hydrogen-bond donors (Lipinski definition) is 0. The van der Waals surface area contributed by atoms with Crippen LogP contribution in [0.1, 0.15) is 0 Å². The topological polar surface area (TPSA) is 13.1 Å². The van der Waals surface area contributed by atoms with Crippen molar-refractivity contribution >= 4 is 37.7 Å². The first-order chi connectivity index (χ1) is 6.86. The van der Waals surface area contributed by atoms with Gasteiger partial charge in [0.05, 0.1) is 4.47 Å². The highest BCUT2D eigenvalue weighted by Gasteiger charge is 2.05. The number of hydrogen-bond acceptors (Lipinski definition) is 1. The lowest BCUT2D eigenvalue weighted by atomic mass is 10.1. The average Bonchev–Trinajstić information content (AvgIpc) is 2.61. The van der Waals surface area contributed by atoms with Gasteiger partial charge in [-0.05, 0) is 27.4 Å². The zero-order chi connectivity index (χ0) is 9.54. The summed E-state index contributed by atoms with van der Waals surface area (Å²) in [6.07, 6.45) is 1.73. The number of fused-ring (bicyclic) bond motifs is 3. The van der Waals surface area contributed by atoms with Gasteiger partial charge in [-0.1, -0.05) is 30.3 Å². The molecule has 0 atom stereocenters. The van der Waals surface area contributed by atoms with E-state index in [2.05, 4.69) is 40.2 Å². The van der Waals surface area contributed by atoms with Crippen molar-refractivity contribution in [3.05, 3.63) is 47.1 Å². The second-order valence-electron chi connectivity index (χ2n) is 3.25. The largest absolute Gasteiger partial charge is 0.462 e. The minimum absolute atomic E-state index is 0.954. The Hall–Kier alpha value is -1.28. The predicted molar refractivity (Wildman–Crippen MR) is 61.4 cm³/mol. The zero-order valence-electron chi connectivity index (χ0n) is 7.33. The Bertz CT molecular complexity index is 610. The average molecular weight is 247 g/mol. The van der Waals surface area contributed by atoms with Gasteiger partial charge in [0.1, 0.15) is 11.8 Å². The molecule has 0 amide bonds. The van der Waals surface area contributed by atoms with Crippen LogP contribution < -0.4 is 0 Å². The maximum atomic E-state index is 5.52. The second-order valence-corrected chi connectivity index (χ2v) is 4.10. The third-order valence-electron chi connectivity index (χ3n) is 2.42. The Labute approximate surface area is 89.5 Å². The quantitative estimate of drug-likeness (QED) is 0.575. The highest BCUT2D eigenvalue weighted by Crippen LogP contribution is 2.31. The van der Waals surface area contributed by atoms with Crippen LogP contribution in [-0.4, -0.2) is 0 Å². The molecule has 0 spiro atoms. The molecule has 0 aliphatic carbocycles. The molecule has 0 N–H and O–H groups in total. The number of rotatable bonds is 0. The van der Waals surface area contributed by atoms with E-state index in [1.165, 1.54) is 5.39 Å². The summed E-state index contributed by atoms with van der Waals surface area (Å²) in [5.41, 5.74) is 0.954. The van der Waals surface area contributed by atoms with Gasteiger partial charge in [0.25, 0.3) is 0 Å². The Morgan fingerprint density at radius 3 is 2.71 bits per heavy atom. The molecule has 0 unspecified atom stereocenters. The summed E-state index contributed by atoms with van der Waals surface area (Å²) in [5.74, 6) is 0. The molecule has 3 aromatic rings. The van der Waals surface area contributed by atoms with Crippen LogP contribution in [0.25, 0.3) is 21.7 Å². The van der Waals surface area contributed by atoms with Crippen molar-refractivity contribution in [1.82, 2.24) is 0 Å². The van der Waals surface area contributed by atoms with E-state index in [-0.39, 0.29) is 0 Å². The fourth-order valence-corrected chi connectivity index (χ4v) is 2.14. The van der Waals surface area contributed by atoms with Crippen LogP contribution in [0, 0.1) is 0 Å². The minimum Gasteiger partial charge on any atom is -0.462 e. The van der Waals surface area contributed by atoms with Crippen molar-refractivity contribution in [2.45, 2.75) is 0 Å². The first kappa shape index (κ1) is 8.06. The standard InChI is InChI=1S/C12H7BrO/c13-11-7-14-12-9-4-2-1-3-8(9)5-6-10(11)12/h1-7H. The van der Waals surface area contributed by atoms with Crippen LogP contribution in [0.3, 0.4) is 0 Å². The predicted octanol–water partition coefficient (Wildman–Crippen LogP) is 4.35. The Balaban J connectivity index is 2.61. The van der Waals surface area contributed by atoms with Crippen LogP contribution in [0.15, 0.2) is 51.6 Å². The van der Waals surface area contributed by atoms with Gasteiger partial charge in [-0.2, -0.15) is 0 Å². The number of furan rings is 1. The highest BCUT2D eigenvalue weighted by atomic mass is 79.9. The third-order valence-corrected chi connectivity index (χ3v) is 3.03. The van der Waals surface area contributed by atoms with Crippen molar-refractivity contribution in [2.75, 3.05) is 0 Å². The van der Waals surface area contributed by atoms with Gasteiger partial charge in [-0.25, -0.2) is 0 Å². The summed E-state index contributed by atoms with van der Waals surface area (Å²) in [4.78, 5) is 0. The molecule has 0 saturated carbocycles. The van der Waals surface area contributed by atoms with E-state index in [9.17, 15) is 0 Å². The van der Waals surface area contributed by atoms with Crippen molar-refractivity contribution in [3.63, 3.8) is 0 Å². The van der Waals surface area contributed by atoms with E-state index < -0.39 is 0 Å². The van der Waals surface area contributed by atoms with Gasteiger partial charge in [-0.3, -0.25) is 0 Å². The molecule has 2 aromatic carbocycles. The summed E-state index contributed by atoms with van der Waals surface area (Å²) in [7, 11) is 0. The fraction of sp³-hybridized carbons (Fsp3) is 0. The van der Waals surface area contributed by atoms with E-state index in [1.54, 1.807) is 6.26 Å². The van der Waals surface area contributed by atoms with Crippen molar-refractivity contribution < 1.29 is 4.42 Å². The maximum absolute atomic E-state index is 5.52. The van der Waals surface area contributed by atoms with E-state index >= 15 is 0 Å². The lowest BCUT2D eigenvalue weighted by molar-refractivity contribution is 0.617. The monoisotopic (exact) mass is 246 g/mol. The van der Waals surface area contributed by atoms with Crippen LogP contribution in [-0.2, 0) is 0 Å².